The van der Waals surface area contributed by atoms with Crippen molar-refractivity contribution in [1.82, 2.24) is 9.97 Å². The third kappa shape index (κ3) is 3.38. The van der Waals surface area contributed by atoms with Crippen molar-refractivity contribution in [3.05, 3.63) is 72.3 Å². The van der Waals surface area contributed by atoms with Crippen molar-refractivity contribution in [3.63, 3.8) is 0 Å². The first-order valence-corrected chi connectivity index (χ1v) is 6.88. The number of anilines is 4. The molecule has 0 amide bonds. The van der Waals surface area contributed by atoms with E-state index in [0.29, 0.717) is 17.3 Å². The Kier molecular flexibility index (Phi) is 3.96. The molecule has 0 aliphatic rings. The summed E-state index contributed by atoms with van der Waals surface area (Å²) in [5, 5.41) is 6.30. The summed E-state index contributed by atoms with van der Waals surface area (Å²) >= 11 is 0. The molecular weight excluding hydrogens is 279 g/mol. The van der Waals surface area contributed by atoms with Gasteiger partial charge < -0.3 is 10.6 Å². The van der Waals surface area contributed by atoms with E-state index in [9.17, 15) is 4.39 Å². The Balaban J connectivity index is 1.79. The SMILES string of the molecule is Cc1ccccc1Nc1cc(Nc2cccc(F)c2)ncn1. The Morgan fingerprint density at radius 3 is 2.41 bits per heavy atom. The fourth-order valence-electron chi connectivity index (χ4n) is 2.06. The molecule has 4 nitrogen and oxygen atoms in total. The second-order valence-corrected chi connectivity index (χ2v) is 4.86. The van der Waals surface area contributed by atoms with Gasteiger partial charge in [0.25, 0.3) is 0 Å². The van der Waals surface area contributed by atoms with Crippen LogP contribution in [-0.4, -0.2) is 9.97 Å². The molecule has 0 unspecified atom stereocenters. The van der Waals surface area contributed by atoms with E-state index < -0.39 is 0 Å². The number of aryl methyl sites for hydroxylation is 1. The lowest BCUT2D eigenvalue weighted by Gasteiger charge is -2.10. The van der Waals surface area contributed by atoms with Crippen LogP contribution in [0, 0.1) is 12.7 Å². The van der Waals surface area contributed by atoms with Crippen molar-refractivity contribution < 1.29 is 4.39 Å². The summed E-state index contributed by atoms with van der Waals surface area (Å²) in [5.41, 5.74) is 2.75. The van der Waals surface area contributed by atoms with Crippen molar-refractivity contribution in [2.45, 2.75) is 6.92 Å². The van der Waals surface area contributed by atoms with Crippen LogP contribution in [0.5, 0.6) is 0 Å². The molecule has 0 radical (unpaired) electrons. The van der Waals surface area contributed by atoms with Gasteiger partial charge in [-0.05, 0) is 36.8 Å². The number of halogens is 1. The van der Waals surface area contributed by atoms with E-state index in [0.717, 1.165) is 11.3 Å². The van der Waals surface area contributed by atoms with Crippen LogP contribution >= 0.6 is 0 Å². The van der Waals surface area contributed by atoms with Gasteiger partial charge in [0.2, 0.25) is 0 Å². The molecule has 5 heteroatoms. The summed E-state index contributed by atoms with van der Waals surface area (Å²) in [6, 6.07) is 16.0. The van der Waals surface area contributed by atoms with Crippen molar-refractivity contribution in [2.24, 2.45) is 0 Å². The summed E-state index contributed by atoms with van der Waals surface area (Å²) in [6.07, 6.45) is 1.46. The zero-order valence-corrected chi connectivity index (χ0v) is 12.0. The van der Waals surface area contributed by atoms with E-state index in [2.05, 4.69) is 20.6 Å². The molecule has 110 valence electrons. The van der Waals surface area contributed by atoms with Crippen LogP contribution in [0.4, 0.5) is 27.4 Å². The van der Waals surface area contributed by atoms with Crippen LogP contribution in [0.2, 0.25) is 0 Å². The van der Waals surface area contributed by atoms with Crippen LogP contribution in [0.1, 0.15) is 5.56 Å². The predicted molar refractivity (Wildman–Crippen MR) is 86.2 cm³/mol. The maximum absolute atomic E-state index is 13.2. The van der Waals surface area contributed by atoms with Gasteiger partial charge in [-0.3, -0.25) is 0 Å². The highest BCUT2D eigenvalue weighted by molar-refractivity contribution is 5.64. The number of aromatic nitrogens is 2. The van der Waals surface area contributed by atoms with Crippen molar-refractivity contribution in [1.29, 1.82) is 0 Å². The molecule has 0 spiro atoms. The molecular formula is C17H15FN4. The van der Waals surface area contributed by atoms with Gasteiger partial charge >= 0.3 is 0 Å². The zero-order chi connectivity index (χ0) is 15.4. The van der Waals surface area contributed by atoms with Gasteiger partial charge in [0.1, 0.15) is 23.8 Å². The predicted octanol–water partition coefficient (Wildman–Crippen LogP) is 4.41. The van der Waals surface area contributed by atoms with Gasteiger partial charge in [-0.15, -0.1) is 0 Å². The maximum Gasteiger partial charge on any atom is 0.135 e. The standard InChI is InChI=1S/C17H15FN4/c1-12-5-2-3-8-15(12)22-17-10-16(19-11-20-17)21-14-7-4-6-13(18)9-14/h2-11H,1H3,(H2,19,20,21,22). The fraction of sp³-hybridized carbons (Fsp3) is 0.0588. The molecule has 2 N–H and O–H groups in total. The van der Waals surface area contributed by atoms with Gasteiger partial charge in [0.15, 0.2) is 0 Å². The number of nitrogens with one attached hydrogen (secondary N) is 2. The second-order valence-electron chi connectivity index (χ2n) is 4.86. The first-order chi connectivity index (χ1) is 10.7. The smallest absolute Gasteiger partial charge is 0.135 e. The van der Waals surface area contributed by atoms with E-state index >= 15 is 0 Å². The topological polar surface area (TPSA) is 49.8 Å². The second kappa shape index (κ2) is 6.22. The molecule has 0 atom stereocenters. The quantitative estimate of drug-likeness (QED) is 0.748. The average Bonchev–Trinajstić information content (AvgIpc) is 2.50. The number of benzene rings is 2. The molecule has 0 aliphatic carbocycles. The third-order valence-corrected chi connectivity index (χ3v) is 3.17. The Labute approximate surface area is 128 Å². The monoisotopic (exact) mass is 294 g/mol. The largest absolute Gasteiger partial charge is 0.340 e. The van der Waals surface area contributed by atoms with Gasteiger partial charge in [0, 0.05) is 17.4 Å². The van der Waals surface area contributed by atoms with Gasteiger partial charge in [0.05, 0.1) is 0 Å². The lowest BCUT2D eigenvalue weighted by Crippen LogP contribution is -1.99. The van der Waals surface area contributed by atoms with Gasteiger partial charge in [-0.1, -0.05) is 24.3 Å². The first-order valence-electron chi connectivity index (χ1n) is 6.88. The van der Waals surface area contributed by atoms with Crippen molar-refractivity contribution in [3.8, 4) is 0 Å². The highest BCUT2D eigenvalue weighted by Gasteiger charge is 2.02. The number of rotatable bonds is 4. The fourth-order valence-corrected chi connectivity index (χ4v) is 2.06. The van der Waals surface area contributed by atoms with E-state index in [-0.39, 0.29) is 5.82 Å². The molecule has 1 heterocycles. The molecule has 0 saturated carbocycles. The molecule has 3 rings (SSSR count). The minimum atomic E-state index is -0.294. The van der Waals surface area contributed by atoms with Crippen molar-refractivity contribution in [2.75, 3.05) is 10.6 Å². The van der Waals surface area contributed by atoms with E-state index in [4.69, 9.17) is 0 Å². The molecule has 0 saturated heterocycles. The summed E-state index contributed by atoms with van der Waals surface area (Å²) in [7, 11) is 0. The Bertz CT molecular complexity index is 789. The molecule has 0 fully saturated rings. The summed E-state index contributed by atoms with van der Waals surface area (Å²) in [4.78, 5) is 8.34. The number of hydrogen-bond acceptors (Lipinski definition) is 4. The first kappa shape index (κ1) is 14.0. The zero-order valence-electron chi connectivity index (χ0n) is 12.0. The third-order valence-electron chi connectivity index (χ3n) is 3.17. The van der Waals surface area contributed by atoms with E-state index in [1.165, 1.54) is 18.5 Å². The molecule has 0 bridgehead atoms. The van der Waals surface area contributed by atoms with Crippen molar-refractivity contribution >= 4 is 23.0 Å². The molecule has 0 aliphatic heterocycles. The van der Waals surface area contributed by atoms with E-state index in [1.807, 2.05) is 31.2 Å². The van der Waals surface area contributed by atoms with Crippen LogP contribution in [0.25, 0.3) is 0 Å². The van der Waals surface area contributed by atoms with Crippen LogP contribution in [-0.2, 0) is 0 Å². The summed E-state index contributed by atoms with van der Waals surface area (Å²) < 4.78 is 13.2. The minimum absolute atomic E-state index is 0.294. The molecule has 1 aromatic heterocycles. The maximum atomic E-state index is 13.2. The minimum Gasteiger partial charge on any atom is -0.340 e. The Morgan fingerprint density at radius 2 is 1.64 bits per heavy atom. The summed E-state index contributed by atoms with van der Waals surface area (Å²) in [5.74, 6) is 0.970. The summed E-state index contributed by atoms with van der Waals surface area (Å²) in [6.45, 7) is 2.02. The van der Waals surface area contributed by atoms with Crippen LogP contribution in [0.3, 0.4) is 0 Å². The highest BCUT2D eigenvalue weighted by Crippen LogP contribution is 2.21. The van der Waals surface area contributed by atoms with Crippen LogP contribution < -0.4 is 10.6 Å². The van der Waals surface area contributed by atoms with E-state index in [1.54, 1.807) is 18.2 Å². The number of nitrogens with zero attached hydrogens (tertiary/aromatic N) is 2. The average molecular weight is 294 g/mol. The van der Waals surface area contributed by atoms with Gasteiger partial charge in [-0.25, -0.2) is 14.4 Å². The van der Waals surface area contributed by atoms with Gasteiger partial charge in [-0.2, -0.15) is 0 Å². The Hall–Kier alpha value is -2.95. The normalized spacial score (nSPS) is 10.3. The Morgan fingerprint density at radius 1 is 0.864 bits per heavy atom. The van der Waals surface area contributed by atoms with Crippen LogP contribution in [0.15, 0.2) is 60.9 Å². The number of para-hydroxylation sites is 1. The highest BCUT2D eigenvalue weighted by atomic mass is 19.1. The molecule has 3 aromatic rings. The lowest BCUT2D eigenvalue weighted by molar-refractivity contribution is 0.628. The molecule has 22 heavy (non-hydrogen) atoms. The number of hydrogen-bond donors (Lipinski definition) is 2. The molecule has 2 aromatic carbocycles. The lowest BCUT2D eigenvalue weighted by atomic mass is 10.2.